The maximum Gasteiger partial charge on any atom is 0.573 e. The molecule has 0 bridgehead atoms. The molecular weight excluding hydrogens is 435 g/mol. The van der Waals surface area contributed by atoms with Crippen molar-refractivity contribution in [2.75, 3.05) is 7.11 Å². The number of carboxylic acid groups (broad SMARTS) is 1. The van der Waals surface area contributed by atoms with Crippen molar-refractivity contribution in [2.45, 2.75) is 19.7 Å². The first kappa shape index (κ1) is 21.0. The summed E-state index contributed by atoms with van der Waals surface area (Å²) >= 11 is 6.89. The highest BCUT2D eigenvalue weighted by Crippen LogP contribution is 2.39. The monoisotopic (exact) mass is 447 g/mol. The Morgan fingerprint density at radius 1 is 1.24 bits per heavy atom. The lowest BCUT2D eigenvalue weighted by Gasteiger charge is -2.07. The van der Waals surface area contributed by atoms with E-state index in [1.165, 1.54) is 29.9 Å². The van der Waals surface area contributed by atoms with Gasteiger partial charge in [0.1, 0.15) is 5.75 Å². The van der Waals surface area contributed by atoms with E-state index in [9.17, 15) is 27.9 Å². The maximum absolute atomic E-state index is 13.0. The van der Waals surface area contributed by atoms with Crippen LogP contribution in [0, 0.1) is 6.92 Å². The minimum Gasteiger partial charge on any atom is -0.495 e. The number of aliphatic carboxylic acids is 1. The number of thiophene rings is 1. The second-order valence-corrected chi connectivity index (χ2v) is 7.34. The molecule has 11 heteroatoms. The van der Waals surface area contributed by atoms with Crippen molar-refractivity contribution in [2.24, 2.45) is 0 Å². The third-order valence-corrected chi connectivity index (χ3v) is 5.49. The molecule has 154 valence electrons. The molecule has 0 aliphatic rings. The predicted molar refractivity (Wildman–Crippen MR) is 100 cm³/mol. The lowest BCUT2D eigenvalue weighted by molar-refractivity contribution is -0.273. The number of ether oxygens (including phenoxy) is 2. The van der Waals surface area contributed by atoms with E-state index in [0.717, 1.165) is 6.07 Å². The fraction of sp³-hybridized carbons (Fsp3) is 0.222. The second kappa shape index (κ2) is 7.60. The van der Waals surface area contributed by atoms with Gasteiger partial charge in [-0.3, -0.25) is 14.2 Å². The van der Waals surface area contributed by atoms with E-state index in [1.807, 2.05) is 0 Å². The van der Waals surface area contributed by atoms with Gasteiger partial charge in [-0.2, -0.15) is 0 Å². The average Bonchev–Trinajstić information content (AvgIpc) is 3.16. The van der Waals surface area contributed by atoms with Crippen LogP contribution in [-0.4, -0.2) is 35.0 Å². The smallest absolute Gasteiger partial charge is 0.495 e. The Kier molecular flexibility index (Phi) is 5.50. The summed E-state index contributed by atoms with van der Waals surface area (Å²) in [5.74, 6) is -1.46. The van der Waals surface area contributed by atoms with Crippen LogP contribution in [0.25, 0.3) is 10.9 Å². The van der Waals surface area contributed by atoms with Crippen molar-refractivity contribution in [1.29, 1.82) is 0 Å². The Hall–Kier alpha value is -2.72. The number of hydrogen-bond acceptors (Lipinski definition) is 5. The zero-order valence-electron chi connectivity index (χ0n) is 15.0. The molecule has 0 saturated heterocycles. The van der Waals surface area contributed by atoms with Crippen LogP contribution in [0.4, 0.5) is 13.2 Å². The normalized spacial score (nSPS) is 11.7. The molecule has 0 fully saturated rings. The van der Waals surface area contributed by atoms with Gasteiger partial charge in [0.25, 0.3) is 5.91 Å². The van der Waals surface area contributed by atoms with Crippen LogP contribution in [0.15, 0.2) is 24.3 Å². The highest BCUT2D eigenvalue weighted by Gasteiger charge is 2.32. The fourth-order valence-corrected chi connectivity index (χ4v) is 4.17. The molecule has 1 N–H and O–H groups in total. The van der Waals surface area contributed by atoms with Crippen molar-refractivity contribution in [3.05, 3.63) is 45.4 Å². The first-order valence-electron chi connectivity index (χ1n) is 8.02. The Balaban J connectivity index is 2.16. The molecule has 3 aromatic rings. The van der Waals surface area contributed by atoms with E-state index in [2.05, 4.69) is 4.74 Å². The molecule has 0 amide bonds. The molecule has 0 aliphatic heterocycles. The molecule has 0 radical (unpaired) electrons. The molecule has 2 heterocycles. The topological polar surface area (TPSA) is 77.8 Å². The minimum absolute atomic E-state index is 0.0157. The third kappa shape index (κ3) is 4.03. The number of halogens is 4. The number of fused-ring (bicyclic) bond motifs is 1. The van der Waals surface area contributed by atoms with Crippen molar-refractivity contribution >= 4 is 45.7 Å². The van der Waals surface area contributed by atoms with E-state index in [0.29, 0.717) is 39.2 Å². The number of alkyl halides is 3. The first-order chi connectivity index (χ1) is 13.5. The molecular formula is C18H13ClF3NO5S. The fourth-order valence-electron chi connectivity index (χ4n) is 3.02. The molecule has 0 spiro atoms. The van der Waals surface area contributed by atoms with E-state index < -0.39 is 29.7 Å². The maximum atomic E-state index is 13.0. The molecule has 1 aromatic carbocycles. The number of methoxy groups -OCH3 is 1. The van der Waals surface area contributed by atoms with E-state index >= 15 is 0 Å². The summed E-state index contributed by atoms with van der Waals surface area (Å²) in [6.45, 7) is 1.54. The van der Waals surface area contributed by atoms with E-state index in [4.69, 9.17) is 16.3 Å². The van der Waals surface area contributed by atoms with Crippen LogP contribution < -0.4 is 9.47 Å². The lowest BCUT2D eigenvalue weighted by atomic mass is 10.1. The van der Waals surface area contributed by atoms with Crippen LogP contribution in [0.3, 0.4) is 0 Å². The average molecular weight is 448 g/mol. The highest BCUT2D eigenvalue weighted by atomic mass is 35.5. The Bertz CT molecular complexity index is 1120. The summed E-state index contributed by atoms with van der Waals surface area (Å²) in [6, 6.07) is 5.31. The van der Waals surface area contributed by atoms with Crippen LogP contribution in [0.5, 0.6) is 10.8 Å². The largest absolute Gasteiger partial charge is 0.573 e. The van der Waals surface area contributed by atoms with Gasteiger partial charge < -0.3 is 14.6 Å². The summed E-state index contributed by atoms with van der Waals surface area (Å²) in [7, 11) is 1.40. The van der Waals surface area contributed by atoms with Crippen LogP contribution >= 0.6 is 22.9 Å². The number of rotatable bonds is 5. The van der Waals surface area contributed by atoms with Crippen molar-refractivity contribution < 1.29 is 37.3 Å². The summed E-state index contributed by atoms with van der Waals surface area (Å²) in [5, 5.41) is 9.25. The molecule has 2 aromatic heterocycles. The number of nitrogens with zero attached hydrogens (tertiary/aromatic N) is 1. The third-order valence-electron chi connectivity index (χ3n) is 4.16. The number of hydrogen-bond donors (Lipinski definition) is 1. The van der Waals surface area contributed by atoms with E-state index in [-0.39, 0.29) is 9.90 Å². The number of carboxylic acids is 1. The Morgan fingerprint density at radius 3 is 2.52 bits per heavy atom. The summed E-state index contributed by atoms with van der Waals surface area (Å²) in [4.78, 5) is 24.4. The molecule has 0 atom stereocenters. The summed E-state index contributed by atoms with van der Waals surface area (Å²) < 4.78 is 47.4. The van der Waals surface area contributed by atoms with Gasteiger partial charge in [0, 0.05) is 11.1 Å². The van der Waals surface area contributed by atoms with Crippen molar-refractivity contribution in [3.63, 3.8) is 0 Å². The zero-order chi connectivity index (χ0) is 21.5. The summed E-state index contributed by atoms with van der Waals surface area (Å²) in [6.07, 6.45) is -5.28. The summed E-state index contributed by atoms with van der Waals surface area (Å²) in [5.41, 5.74) is 0.948. The second-order valence-electron chi connectivity index (χ2n) is 5.92. The van der Waals surface area contributed by atoms with Crippen molar-refractivity contribution in [1.82, 2.24) is 4.57 Å². The van der Waals surface area contributed by atoms with Crippen LogP contribution in [0.1, 0.15) is 20.9 Å². The lowest BCUT2D eigenvalue weighted by Crippen LogP contribution is -2.16. The molecule has 29 heavy (non-hydrogen) atoms. The quantitative estimate of drug-likeness (QED) is 0.602. The minimum atomic E-state index is -4.88. The highest BCUT2D eigenvalue weighted by molar-refractivity contribution is 7.15. The SMILES string of the molecule is COc1ccc2c(c1Cl)c(CC(=O)O)c(C)n2C(=O)c1ccc(OC(F)(F)F)s1. The number of aromatic nitrogens is 1. The molecule has 0 saturated carbocycles. The van der Waals surface area contributed by atoms with Gasteiger partial charge in [0.05, 0.1) is 28.9 Å². The molecule has 0 aliphatic carbocycles. The molecule has 0 unspecified atom stereocenters. The van der Waals surface area contributed by atoms with E-state index in [1.54, 1.807) is 6.92 Å². The number of carbonyl (C=O) groups is 2. The standard InChI is InChI=1S/C18H13ClF3NO5S/c1-8-9(7-13(24)25)15-10(3-4-11(27-2)16(15)19)23(8)17(26)12-5-6-14(29-12)28-18(20,21)22/h3-6H,7H2,1-2H3,(H,24,25). The number of carbonyl (C=O) groups excluding carboxylic acids is 1. The van der Waals surface area contributed by atoms with Gasteiger partial charge in [-0.05, 0) is 36.8 Å². The molecule has 6 nitrogen and oxygen atoms in total. The van der Waals surface area contributed by atoms with Gasteiger partial charge in [-0.1, -0.05) is 22.9 Å². The number of benzene rings is 1. The zero-order valence-corrected chi connectivity index (χ0v) is 16.5. The first-order valence-corrected chi connectivity index (χ1v) is 9.21. The van der Waals surface area contributed by atoms with Crippen molar-refractivity contribution in [3.8, 4) is 10.8 Å². The van der Waals surface area contributed by atoms with Crippen LogP contribution in [0.2, 0.25) is 5.02 Å². The Morgan fingerprint density at radius 2 is 1.93 bits per heavy atom. The van der Waals surface area contributed by atoms with Gasteiger partial charge in [0.15, 0.2) is 5.06 Å². The van der Waals surface area contributed by atoms with Gasteiger partial charge in [0.2, 0.25) is 0 Å². The molecule has 3 rings (SSSR count). The van der Waals surface area contributed by atoms with Crippen LogP contribution in [-0.2, 0) is 11.2 Å². The van der Waals surface area contributed by atoms with Gasteiger partial charge >= 0.3 is 12.3 Å². The predicted octanol–water partition coefficient (Wildman–Crippen LogP) is 4.89. The Labute approximate surface area is 171 Å². The van der Waals surface area contributed by atoms with Gasteiger partial charge in [-0.25, -0.2) is 0 Å². The van der Waals surface area contributed by atoms with Gasteiger partial charge in [-0.15, -0.1) is 13.2 Å².